The van der Waals surface area contributed by atoms with Crippen LogP contribution in [0.1, 0.15) is 118 Å². The van der Waals surface area contributed by atoms with Crippen LogP contribution >= 0.6 is 0 Å². The summed E-state index contributed by atoms with van der Waals surface area (Å²) in [6, 6.07) is 1.10. The molecule has 0 spiro atoms. The molecule has 1 atom stereocenters. The number of hydrogen-bond donors (Lipinski definition) is 1. The van der Waals surface area contributed by atoms with Crippen molar-refractivity contribution in [3.63, 3.8) is 0 Å². The molecule has 0 aliphatic carbocycles. The van der Waals surface area contributed by atoms with Crippen molar-refractivity contribution in [2.24, 2.45) is 5.73 Å². The maximum absolute atomic E-state index is 6.44. The number of rotatable bonds is 22. The maximum Gasteiger partial charge on any atom is 0.501 e. The Balaban J connectivity index is 4.53. The first kappa shape index (κ1) is 28.1. The summed E-state index contributed by atoms with van der Waals surface area (Å²) < 4.78 is 19.0. The van der Waals surface area contributed by atoms with Gasteiger partial charge >= 0.3 is 8.80 Å². The molecule has 0 radical (unpaired) electrons. The summed E-state index contributed by atoms with van der Waals surface area (Å²) in [5.41, 5.74) is 6.44. The highest BCUT2D eigenvalue weighted by molar-refractivity contribution is 6.60. The lowest BCUT2D eigenvalue weighted by Gasteiger charge is -2.31. The first-order valence-electron chi connectivity index (χ1n) is 12.3. The summed E-state index contributed by atoms with van der Waals surface area (Å²) in [4.78, 5) is 0. The third-order valence-electron chi connectivity index (χ3n) is 5.21. The van der Waals surface area contributed by atoms with E-state index < -0.39 is 8.80 Å². The van der Waals surface area contributed by atoms with Crippen molar-refractivity contribution in [3.05, 3.63) is 0 Å². The van der Waals surface area contributed by atoms with Crippen molar-refractivity contribution in [1.29, 1.82) is 0 Å². The van der Waals surface area contributed by atoms with Gasteiger partial charge in [-0.25, -0.2) is 0 Å². The molecule has 0 saturated heterocycles. The summed E-state index contributed by atoms with van der Waals surface area (Å²) >= 11 is 0. The van der Waals surface area contributed by atoms with Crippen LogP contribution < -0.4 is 5.73 Å². The molecule has 0 heterocycles. The van der Waals surface area contributed by atoms with Crippen LogP contribution in [0.2, 0.25) is 6.04 Å². The van der Waals surface area contributed by atoms with Crippen LogP contribution in [0, 0.1) is 0 Å². The van der Waals surface area contributed by atoms with Crippen LogP contribution in [-0.2, 0) is 13.3 Å². The molecule has 0 amide bonds. The molecule has 0 aliphatic rings. The Morgan fingerprint density at radius 3 is 1.46 bits per heavy atom. The van der Waals surface area contributed by atoms with Crippen molar-refractivity contribution in [1.82, 2.24) is 0 Å². The average Bonchev–Trinajstić information content (AvgIpc) is 2.69. The second-order valence-electron chi connectivity index (χ2n) is 8.14. The van der Waals surface area contributed by atoms with E-state index in [0.717, 1.165) is 77.2 Å². The van der Waals surface area contributed by atoms with Crippen molar-refractivity contribution in [3.8, 4) is 0 Å². The van der Waals surface area contributed by atoms with Gasteiger partial charge in [0.1, 0.15) is 0 Å². The van der Waals surface area contributed by atoms with Gasteiger partial charge in [0.2, 0.25) is 0 Å². The molecule has 0 saturated carbocycles. The zero-order valence-electron chi connectivity index (χ0n) is 19.6. The molecule has 170 valence electrons. The third kappa shape index (κ3) is 15.9. The van der Waals surface area contributed by atoms with Crippen molar-refractivity contribution >= 4 is 8.80 Å². The van der Waals surface area contributed by atoms with Crippen LogP contribution in [0.3, 0.4) is 0 Å². The van der Waals surface area contributed by atoms with Crippen LogP contribution in [0.25, 0.3) is 0 Å². The van der Waals surface area contributed by atoms with E-state index in [4.69, 9.17) is 19.0 Å². The first-order valence-corrected chi connectivity index (χ1v) is 14.2. The standard InChI is InChI=1S/C23H51NO3Si/c1-5-9-13-14-15-16-17-23(24)18-22-28(25-19-10-6-2,26-20-11-7-3)27-21-12-8-4/h23H,5-22,24H2,1-4H3. The molecule has 0 aliphatic heterocycles. The maximum atomic E-state index is 6.44. The zero-order valence-corrected chi connectivity index (χ0v) is 20.6. The Bertz CT molecular complexity index is 292. The highest BCUT2D eigenvalue weighted by Gasteiger charge is 2.41. The highest BCUT2D eigenvalue weighted by atomic mass is 28.4. The van der Waals surface area contributed by atoms with Gasteiger partial charge in [0.15, 0.2) is 0 Å². The molecule has 4 nitrogen and oxygen atoms in total. The Labute approximate surface area is 177 Å². The Hall–Kier alpha value is 0.0569. The summed E-state index contributed by atoms with van der Waals surface area (Å²) in [6.07, 6.45) is 16.6. The number of unbranched alkanes of at least 4 members (excludes halogenated alkanes) is 8. The molecule has 0 bridgehead atoms. The van der Waals surface area contributed by atoms with E-state index in [0.29, 0.717) is 0 Å². The van der Waals surface area contributed by atoms with Gasteiger partial charge in [0.05, 0.1) is 0 Å². The van der Waals surface area contributed by atoms with Crippen molar-refractivity contribution < 1.29 is 13.3 Å². The zero-order chi connectivity index (χ0) is 20.9. The van der Waals surface area contributed by atoms with E-state index in [2.05, 4.69) is 27.7 Å². The molecule has 1 unspecified atom stereocenters. The van der Waals surface area contributed by atoms with Gasteiger partial charge in [-0.2, -0.15) is 0 Å². The minimum absolute atomic E-state index is 0.234. The lowest BCUT2D eigenvalue weighted by atomic mass is 10.0. The molecule has 28 heavy (non-hydrogen) atoms. The Morgan fingerprint density at radius 1 is 0.571 bits per heavy atom. The summed E-state index contributed by atoms with van der Waals surface area (Å²) in [5, 5.41) is 0. The fourth-order valence-electron chi connectivity index (χ4n) is 3.15. The van der Waals surface area contributed by atoms with Gasteiger partial charge < -0.3 is 19.0 Å². The third-order valence-corrected chi connectivity index (χ3v) is 8.04. The van der Waals surface area contributed by atoms with E-state index in [1.807, 2.05) is 0 Å². The molecule has 0 aromatic carbocycles. The fourth-order valence-corrected chi connectivity index (χ4v) is 5.92. The van der Waals surface area contributed by atoms with E-state index >= 15 is 0 Å². The van der Waals surface area contributed by atoms with Gasteiger partial charge in [-0.15, -0.1) is 0 Å². The van der Waals surface area contributed by atoms with E-state index in [1.165, 1.54) is 38.5 Å². The van der Waals surface area contributed by atoms with Gasteiger partial charge in [-0.3, -0.25) is 0 Å². The van der Waals surface area contributed by atoms with Crippen LogP contribution in [0.5, 0.6) is 0 Å². The molecule has 2 N–H and O–H groups in total. The SMILES string of the molecule is CCCCCCCCC(N)CC[Si](OCCCC)(OCCCC)OCCCC. The Kier molecular flexibility index (Phi) is 20.4. The molecular formula is C23H51NO3Si. The summed E-state index contributed by atoms with van der Waals surface area (Å²) in [5.74, 6) is 0. The highest BCUT2D eigenvalue weighted by Crippen LogP contribution is 2.22. The first-order chi connectivity index (χ1) is 13.6. The molecule has 0 aromatic rings. The molecule has 0 aromatic heterocycles. The number of nitrogens with two attached hydrogens (primary N) is 1. The van der Waals surface area contributed by atoms with Gasteiger partial charge in [0.25, 0.3) is 0 Å². The normalized spacial score (nSPS) is 13.2. The quantitative estimate of drug-likeness (QED) is 0.155. The van der Waals surface area contributed by atoms with E-state index in [1.54, 1.807) is 0 Å². The average molecular weight is 418 g/mol. The largest absolute Gasteiger partial charge is 0.501 e. The van der Waals surface area contributed by atoms with Crippen LogP contribution in [0.15, 0.2) is 0 Å². The van der Waals surface area contributed by atoms with Gasteiger partial charge in [-0.05, 0) is 32.1 Å². The second kappa shape index (κ2) is 20.3. The van der Waals surface area contributed by atoms with Crippen molar-refractivity contribution in [2.75, 3.05) is 19.8 Å². The lowest BCUT2D eigenvalue weighted by Crippen LogP contribution is -2.47. The lowest BCUT2D eigenvalue weighted by molar-refractivity contribution is 0.0553. The molecular weight excluding hydrogens is 366 g/mol. The predicted molar refractivity (Wildman–Crippen MR) is 124 cm³/mol. The minimum Gasteiger partial charge on any atom is -0.373 e. The second-order valence-corrected chi connectivity index (χ2v) is 10.9. The monoisotopic (exact) mass is 417 g/mol. The van der Waals surface area contributed by atoms with E-state index in [9.17, 15) is 0 Å². The molecule has 0 fully saturated rings. The topological polar surface area (TPSA) is 53.7 Å². The summed E-state index contributed by atoms with van der Waals surface area (Å²) in [7, 11) is -2.62. The van der Waals surface area contributed by atoms with Gasteiger partial charge in [0, 0.05) is 31.9 Å². The molecule has 0 rings (SSSR count). The predicted octanol–water partition coefficient (Wildman–Crippen LogP) is 6.84. The van der Waals surface area contributed by atoms with Crippen LogP contribution in [0.4, 0.5) is 0 Å². The summed E-state index contributed by atoms with van der Waals surface area (Å²) in [6.45, 7) is 11.1. The smallest absolute Gasteiger partial charge is 0.373 e. The number of hydrogen-bond acceptors (Lipinski definition) is 4. The fraction of sp³-hybridized carbons (Fsp3) is 1.00. The van der Waals surface area contributed by atoms with E-state index in [-0.39, 0.29) is 6.04 Å². The van der Waals surface area contributed by atoms with Gasteiger partial charge in [-0.1, -0.05) is 85.5 Å². The van der Waals surface area contributed by atoms with Crippen molar-refractivity contribution in [2.45, 2.75) is 130 Å². The molecule has 5 heteroatoms. The van der Waals surface area contributed by atoms with Crippen LogP contribution in [-0.4, -0.2) is 34.7 Å². The minimum atomic E-state index is -2.62. The Morgan fingerprint density at radius 2 is 1.00 bits per heavy atom.